The first kappa shape index (κ1) is 23.1. The number of hydrogen-bond donors (Lipinski definition) is 2. The van der Waals surface area contributed by atoms with Gasteiger partial charge in [-0.25, -0.2) is 9.97 Å². The number of rotatable bonds is 8. The number of pyridine rings is 1. The van der Waals surface area contributed by atoms with E-state index in [2.05, 4.69) is 20.6 Å². The van der Waals surface area contributed by atoms with Gasteiger partial charge in [0.25, 0.3) is 5.91 Å². The topological polar surface area (TPSA) is 93.2 Å². The SMILES string of the molecule is Cc1ccc(C)c(Oc2ccc(CNC(=O)Cc3csc(NC(=O)c4ccccc4)n3)cn2)c1. The van der Waals surface area contributed by atoms with Crippen LogP contribution in [0.15, 0.2) is 72.2 Å². The van der Waals surface area contributed by atoms with Crippen molar-refractivity contribution in [2.45, 2.75) is 26.8 Å². The third kappa shape index (κ3) is 6.26. The number of aromatic nitrogens is 2. The Morgan fingerprint density at radius 2 is 1.85 bits per heavy atom. The molecule has 172 valence electrons. The molecule has 7 nitrogen and oxygen atoms in total. The van der Waals surface area contributed by atoms with Gasteiger partial charge in [0.1, 0.15) is 5.75 Å². The van der Waals surface area contributed by atoms with Gasteiger partial charge in [-0.3, -0.25) is 14.9 Å². The van der Waals surface area contributed by atoms with E-state index in [1.807, 2.05) is 44.2 Å². The van der Waals surface area contributed by atoms with Crippen LogP contribution in [-0.2, 0) is 17.8 Å². The van der Waals surface area contributed by atoms with Crippen LogP contribution in [0.3, 0.4) is 0 Å². The van der Waals surface area contributed by atoms with Crippen molar-refractivity contribution in [3.63, 3.8) is 0 Å². The number of aryl methyl sites for hydroxylation is 2. The summed E-state index contributed by atoms with van der Waals surface area (Å²) < 4.78 is 5.87. The first-order valence-corrected chi connectivity index (χ1v) is 11.6. The summed E-state index contributed by atoms with van der Waals surface area (Å²) in [4.78, 5) is 33.2. The van der Waals surface area contributed by atoms with Gasteiger partial charge in [-0.05, 0) is 48.7 Å². The summed E-state index contributed by atoms with van der Waals surface area (Å²) in [6, 6.07) is 18.6. The maximum absolute atomic E-state index is 12.3. The fourth-order valence-corrected chi connectivity index (χ4v) is 3.84. The molecule has 0 aliphatic carbocycles. The van der Waals surface area contributed by atoms with E-state index in [0.717, 1.165) is 22.4 Å². The molecule has 2 amide bonds. The maximum Gasteiger partial charge on any atom is 0.257 e. The third-order valence-corrected chi connectivity index (χ3v) is 5.80. The Bertz CT molecular complexity index is 1290. The molecule has 4 aromatic rings. The van der Waals surface area contributed by atoms with Gasteiger partial charge in [0.15, 0.2) is 5.13 Å². The van der Waals surface area contributed by atoms with Gasteiger partial charge in [-0.2, -0.15) is 0 Å². The molecule has 0 fully saturated rings. The lowest BCUT2D eigenvalue weighted by molar-refractivity contribution is -0.120. The molecule has 0 aliphatic rings. The highest BCUT2D eigenvalue weighted by atomic mass is 32.1. The first-order chi connectivity index (χ1) is 16.5. The van der Waals surface area contributed by atoms with Gasteiger partial charge in [-0.1, -0.05) is 36.4 Å². The van der Waals surface area contributed by atoms with E-state index in [9.17, 15) is 9.59 Å². The quantitative estimate of drug-likeness (QED) is 0.374. The Morgan fingerprint density at radius 1 is 1.03 bits per heavy atom. The van der Waals surface area contributed by atoms with Crippen LogP contribution < -0.4 is 15.4 Å². The van der Waals surface area contributed by atoms with Crippen molar-refractivity contribution >= 4 is 28.3 Å². The minimum absolute atomic E-state index is 0.124. The summed E-state index contributed by atoms with van der Waals surface area (Å²) in [6.45, 7) is 4.34. The van der Waals surface area contributed by atoms with Crippen molar-refractivity contribution in [3.8, 4) is 11.6 Å². The summed E-state index contributed by atoms with van der Waals surface area (Å²) in [5.41, 5.74) is 4.16. The van der Waals surface area contributed by atoms with Crippen LogP contribution in [0.25, 0.3) is 0 Å². The zero-order chi connectivity index (χ0) is 23.9. The molecule has 0 bridgehead atoms. The second-order valence-electron chi connectivity index (χ2n) is 7.79. The normalized spacial score (nSPS) is 10.5. The van der Waals surface area contributed by atoms with Crippen LogP contribution in [0.5, 0.6) is 11.6 Å². The highest BCUT2D eigenvalue weighted by Gasteiger charge is 2.11. The fraction of sp³-hybridized carbons (Fsp3) is 0.154. The van der Waals surface area contributed by atoms with Gasteiger partial charge >= 0.3 is 0 Å². The van der Waals surface area contributed by atoms with E-state index < -0.39 is 0 Å². The largest absolute Gasteiger partial charge is 0.439 e. The molecule has 2 N–H and O–H groups in total. The standard InChI is InChI=1S/C26H24N4O3S/c1-17-8-9-18(2)22(12-17)33-24-11-10-19(15-28-24)14-27-23(31)13-21-16-34-26(29-21)30-25(32)20-6-4-3-5-7-20/h3-12,15-16H,13-14H2,1-2H3,(H,27,31)(H,29,30,32). The monoisotopic (exact) mass is 472 g/mol. The number of amides is 2. The minimum Gasteiger partial charge on any atom is -0.439 e. The molecular formula is C26H24N4O3S. The van der Waals surface area contributed by atoms with Crippen molar-refractivity contribution in [1.29, 1.82) is 0 Å². The summed E-state index contributed by atoms with van der Waals surface area (Å²) in [7, 11) is 0. The smallest absolute Gasteiger partial charge is 0.257 e. The van der Waals surface area contributed by atoms with E-state index in [-0.39, 0.29) is 18.2 Å². The molecule has 0 saturated carbocycles. The minimum atomic E-state index is -0.233. The average molecular weight is 473 g/mol. The number of hydrogen-bond acceptors (Lipinski definition) is 6. The van der Waals surface area contributed by atoms with Crippen LogP contribution in [0.1, 0.15) is 32.7 Å². The molecule has 2 aromatic heterocycles. The molecule has 0 unspecified atom stereocenters. The van der Waals surface area contributed by atoms with E-state index >= 15 is 0 Å². The number of anilines is 1. The maximum atomic E-state index is 12.3. The molecule has 2 heterocycles. The lowest BCUT2D eigenvalue weighted by atomic mass is 10.1. The third-order valence-electron chi connectivity index (χ3n) is 5.00. The zero-order valence-electron chi connectivity index (χ0n) is 18.9. The molecule has 34 heavy (non-hydrogen) atoms. The first-order valence-electron chi connectivity index (χ1n) is 10.7. The lowest BCUT2D eigenvalue weighted by Crippen LogP contribution is -2.24. The second-order valence-corrected chi connectivity index (χ2v) is 8.65. The molecule has 0 saturated heterocycles. The van der Waals surface area contributed by atoms with Crippen molar-refractivity contribution in [2.24, 2.45) is 0 Å². The summed E-state index contributed by atoms with van der Waals surface area (Å²) >= 11 is 1.29. The highest BCUT2D eigenvalue weighted by Crippen LogP contribution is 2.24. The molecule has 0 aliphatic heterocycles. The van der Waals surface area contributed by atoms with Gasteiger partial charge in [0.2, 0.25) is 11.8 Å². The number of benzene rings is 2. The summed E-state index contributed by atoms with van der Waals surface area (Å²) in [5, 5.41) is 7.85. The van der Waals surface area contributed by atoms with Crippen LogP contribution in [0, 0.1) is 13.8 Å². The van der Waals surface area contributed by atoms with Gasteiger partial charge in [0.05, 0.1) is 12.1 Å². The van der Waals surface area contributed by atoms with Crippen molar-refractivity contribution < 1.29 is 14.3 Å². The number of carbonyl (C=O) groups is 2. The molecule has 0 atom stereocenters. The molecule has 2 aromatic carbocycles. The van der Waals surface area contributed by atoms with E-state index in [4.69, 9.17) is 4.74 Å². The van der Waals surface area contributed by atoms with Gasteiger partial charge in [0, 0.05) is 29.8 Å². The molecule has 8 heteroatoms. The highest BCUT2D eigenvalue weighted by molar-refractivity contribution is 7.14. The summed E-state index contributed by atoms with van der Waals surface area (Å²) in [6.07, 6.45) is 1.81. The predicted molar refractivity (Wildman–Crippen MR) is 132 cm³/mol. The number of thiazole rings is 1. The van der Waals surface area contributed by atoms with Gasteiger partial charge in [-0.15, -0.1) is 11.3 Å². The average Bonchev–Trinajstić information content (AvgIpc) is 3.28. The number of nitrogens with zero attached hydrogens (tertiary/aromatic N) is 2. The Balaban J connectivity index is 1.26. The number of ether oxygens (including phenoxy) is 1. The predicted octanol–water partition coefficient (Wildman–Crippen LogP) is 5.06. The Morgan fingerprint density at radius 3 is 2.62 bits per heavy atom. The number of nitrogens with one attached hydrogen (secondary N) is 2. The molecule has 4 rings (SSSR count). The van der Waals surface area contributed by atoms with Crippen molar-refractivity contribution in [1.82, 2.24) is 15.3 Å². The van der Waals surface area contributed by atoms with Gasteiger partial charge < -0.3 is 10.1 Å². The van der Waals surface area contributed by atoms with Crippen molar-refractivity contribution in [3.05, 3.63) is 100 Å². The molecule has 0 radical (unpaired) electrons. The summed E-state index contributed by atoms with van der Waals surface area (Å²) in [5.74, 6) is 0.873. The van der Waals surface area contributed by atoms with E-state index in [1.165, 1.54) is 11.3 Å². The van der Waals surface area contributed by atoms with E-state index in [0.29, 0.717) is 28.8 Å². The Hall–Kier alpha value is -4.04. The zero-order valence-corrected chi connectivity index (χ0v) is 19.7. The van der Waals surface area contributed by atoms with Crippen LogP contribution in [-0.4, -0.2) is 21.8 Å². The Kier molecular flexibility index (Phi) is 7.29. The van der Waals surface area contributed by atoms with Crippen LogP contribution in [0.2, 0.25) is 0 Å². The second kappa shape index (κ2) is 10.7. The van der Waals surface area contributed by atoms with Crippen molar-refractivity contribution in [2.75, 3.05) is 5.32 Å². The molecular weight excluding hydrogens is 448 g/mol. The lowest BCUT2D eigenvalue weighted by Gasteiger charge is -2.09. The molecule has 0 spiro atoms. The fourth-order valence-electron chi connectivity index (χ4n) is 3.14. The van der Waals surface area contributed by atoms with E-state index in [1.54, 1.807) is 41.9 Å². The Labute approximate surface area is 201 Å². The number of carbonyl (C=O) groups excluding carboxylic acids is 2. The van der Waals surface area contributed by atoms with Crippen LogP contribution in [0.4, 0.5) is 5.13 Å². The van der Waals surface area contributed by atoms with Crippen LogP contribution >= 0.6 is 11.3 Å².